The standard InChI is InChI=1S/C12H12BrFN2O4/c13-11-7(14)3-1-4-8(11)15-16-9(12(19)20)5-2-6-10(17)18/h1,3-4,15H,2,5-6H2,(H,17,18)(H,19,20)/b16-9+. The number of carbonyl (C=O) groups is 2. The molecule has 0 aliphatic heterocycles. The molecular formula is C12H12BrFN2O4. The lowest BCUT2D eigenvalue weighted by Crippen LogP contribution is -2.15. The number of hydrazone groups is 1. The van der Waals surface area contributed by atoms with Crippen molar-refractivity contribution in [1.29, 1.82) is 0 Å². The van der Waals surface area contributed by atoms with Crippen LogP contribution in [0.5, 0.6) is 0 Å². The van der Waals surface area contributed by atoms with Crippen LogP contribution in [0.25, 0.3) is 0 Å². The van der Waals surface area contributed by atoms with E-state index in [1.54, 1.807) is 0 Å². The van der Waals surface area contributed by atoms with Crippen LogP contribution in [-0.2, 0) is 9.59 Å². The summed E-state index contributed by atoms with van der Waals surface area (Å²) >= 11 is 3.01. The molecule has 0 spiro atoms. The third kappa shape index (κ3) is 4.96. The fraction of sp³-hybridized carbons (Fsp3) is 0.250. The summed E-state index contributed by atoms with van der Waals surface area (Å²) in [7, 11) is 0. The second-order valence-corrected chi connectivity index (χ2v) is 4.62. The van der Waals surface area contributed by atoms with Gasteiger partial charge >= 0.3 is 11.9 Å². The Balaban J connectivity index is 2.74. The highest BCUT2D eigenvalue weighted by Gasteiger charge is 2.11. The zero-order valence-corrected chi connectivity index (χ0v) is 11.9. The first-order valence-electron chi connectivity index (χ1n) is 5.63. The number of halogens is 2. The Morgan fingerprint density at radius 3 is 2.60 bits per heavy atom. The summed E-state index contributed by atoms with van der Waals surface area (Å²) in [5.41, 5.74) is 2.51. The second kappa shape index (κ2) is 7.59. The molecule has 0 radical (unpaired) electrons. The van der Waals surface area contributed by atoms with E-state index < -0.39 is 17.8 Å². The number of rotatable bonds is 7. The van der Waals surface area contributed by atoms with Gasteiger partial charge in [0.2, 0.25) is 0 Å². The Morgan fingerprint density at radius 1 is 1.30 bits per heavy atom. The molecule has 20 heavy (non-hydrogen) atoms. The van der Waals surface area contributed by atoms with E-state index >= 15 is 0 Å². The summed E-state index contributed by atoms with van der Waals surface area (Å²) in [5.74, 6) is -2.76. The molecule has 0 atom stereocenters. The van der Waals surface area contributed by atoms with E-state index in [4.69, 9.17) is 10.2 Å². The maximum Gasteiger partial charge on any atom is 0.352 e. The minimum absolute atomic E-state index is 0.00156. The Bertz CT molecular complexity index is 548. The lowest BCUT2D eigenvalue weighted by atomic mass is 10.2. The molecule has 1 aromatic carbocycles. The minimum Gasteiger partial charge on any atom is -0.481 e. The number of nitrogens with one attached hydrogen (secondary N) is 1. The van der Waals surface area contributed by atoms with Crippen LogP contribution in [0.15, 0.2) is 27.8 Å². The van der Waals surface area contributed by atoms with Crippen molar-refractivity contribution in [3.05, 3.63) is 28.5 Å². The van der Waals surface area contributed by atoms with Crippen LogP contribution in [0.4, 0.5) is 10.1 Å². The van der Waals surface area contributed by atoms with E-state index in [0.29, 0.717) is 0 Å². The van der Waals surface area contributed by atoms with Gasteiger partial charge in [-0.1, -0.05) is 6.07 Å². The molecule has 0 unspecified atom stereocenters. The third-order valence-electron chi connectivity index (χ3n) is 2.31. The van der Waals surface area contributed by atoms with Gasteiger partial charge in [0.05, 0.1) is 10.2 Å². The summed E-state index contributed by atoms with van der Waals surface area (Å²) in [4.78, 5) is 21.3. The van der Waals surface area contributed by atoms with E-state index in [-0.39, 0.29) is 35.1 Å². The van der Waals surface area contributed by atoms with Crippen LogP contribution < -0.4 is 5.43 Å². The van der Waals surface area contributed by atoms with Crippen LogP contribution in [-0.4, -0.2) is 27.9 Å². The van der Waals surface area contributed by atoms with Gasteiger partial charge in [-0.15, -0.1) is 0 Å². The Morgan fingerprint density at radius 2 is 2.00 bits per heavy atom. The zero-order chi connectivity index (χ0) is 15.1. The van der Waals surface area contributed by atoms with E-state index in [0.717, 1.165) is 0 Å². The highest BCUT2D eigenvalue weighted by molar-refractivity contribution is 9.10. The topological polar surface area (TPSA) is 99.0 Å². The van der Waals surface area contributed by atoms with Gasteiger partial charge in [0.25, 0.3) is 0 Å². The van der Waals surface area contributed by atoms with Gasteiger partial charge in [-0.05, 0) is 40.9 Å². The van der Waals surface area contributed by atoms with Gasteiger partial charge in [-0.3, -0.25) is 10.2 Å². The first-order valence-corrected chi connectivity index (χ1v) is 6.42. The molecule has 6 nitrogen and oxygen atoms in total. The molecule has 0 bridgehead atoms. The predicted octanol–water partition coefficient (Wildman–Crippen LogP) is 2.70. The number of anilines is 1. The van der Waals surface area contributed by atoms with Crippen molar-refractivity contribution < 1.29 is 24.2 Å². The van der Waals surface area contributed by atoms with Gasteiger partial charge < -0.3 is 10.2 Å². The first kappa shape index (κ1) is 16.1. The average Bonchev–Trinajstić information content (AvgIpc) is 2.37. The summed E-state index contributed by atoms with van der Waals surface area (Å²) in [6, 6.07) is 4.21. The van der Waals surface area contributed by atoms with Crippen LogP contribution in [0.3, 0.4) is 0 Å². The maximum atomic E-state index is 13.2. The number of hydrogen-bond acceptors (Lipinski definition) is 4. The number of carboxylic acids is 2. The minimum atomic E-state index is -1.25. The molecule has 0 saturated heterocycles. The quantitative estimate of drug-likeness (QED) is 0.520. The fourth-order valence-corrected chi connectivity index (χ4v) is 1.69. The van der Waals surface area contributed by atoms with Crippen molar-refractivity contribution in [1.82, 2.24) is 0 Å². The van der Waals surface area contributed by atoms with Gasteiger partial charge in [0.15, 0.2) is 0 Å². The molecule has 1 aromatic rings. The van der Waals surface area contributed by atoms with Crippen molar-refractivity contribution in [2.45, 2.75) is 19.3 Å². The third-order valence-corrected chi connectivity index (χ3v) is 3.12. The molecule has 3 N–H and O–H groups in total. The largest absolute Gasteiger partial charge is 0.481 e. The number of aliphatic carboxylic acids is 2. The Kier molecular flexibility index (Phi) is 6.10. The molecule has 0 aliphatic rings. The molecule has 0 aromatic heterocycles. The Hall–Kier alpha value is -1.96. The van der Waals surface area contributed by atoms with Gasteiger partial charge in [0, 0.05) is 6.42 Å². The van der Waals surface area contributed by atoms with Crippen molar-refractivity contribution in [3.63, 3.8) is 0 Å². The Labute approximate surface area is 122 Å². The summed E-state index contributed by atoms with van der Waals surface area (Å²) in [6.45, 7) is 0. The summed E-state index contributed by atoms with van der Waals surface area (Å²) in [5, 5.41) is 21.1. The molecule has 0 fully saturated rings. The molecule has 0 heterocycles. The van der Waals surface area contributed by atoms with Crippen molar-refractivity contribution in [3.8, 4) is 0 Å². The smallest absolute Gasteiger partial charge is 0.352 e. The monoisotopic (exact) mass is 346 g/mol. The zero-order valence-electron chi connectivity index (χ0n) is 10.3. The number of benzene rings is 1. The van der Waals surface area contributed by atoms with Crippen molar-refractivity contribution in [2.24, 2.45) is 5.10 Å². The van der Waals surface area contributed by atoms with Crippen LogP contribution in [0.2, 0.25) is 0 Å². The number of nitrogens with zero attached hydrogens (tertiary/aromatic N) is 1. The van der Waals surface area contributed by atoms with Crippen LogP contribution >= 0.6 is 15.9 Å². The van der Waals surface area contributed by atoms with E-state index in [2.05, 4.69) is 26.5 Å². The lowest BCUT2D eigenvalue weighted by molar-refractivity contribution is -0.137. The molecule has 108 valence electrons. The number of hydrogen-bond donors (Lipinski definition) is 3. The SMILES string of the molecule is O=C(O)CCC/C(=N\Nc1cccc(F)c1Br)C(=O)O. The molecule has 0 amide bonds. The first-order chi connectivity index (χ1) is 9.41. The van der Waals surface area contributed by atoms with E-state index in [1.807, 2.05) is 0 Å². The van der Waals surface area contributed by atoms with Gasteiger partial charge in [-0.2, -0.15) is 5.10 Å². The van der Waals surface area contributed by atoms with Gasteiger partial charge in [-0.25, -0.2) is 9.18 Å². The summed E-state index contributed by atoms with van der Waals surface area (Å²) < 4.78 is 13.4. The highest BCUT2D eigenvalue weighted by atomic mass is 79.9. The fourth-order valence-electron chi connectivity index (χ4n) is 1.34. The maximum absolute atomic E-state index is 13.2. The van der Waals surface area contributed by atoms with E-state index in [9.17, 15) is 14.0 Å². The molecule has 8 heteroatoms. The molecule has 0 saturated carbocycles. The normalized spacial score (nSPS) is 11.2. The van der Waals surface area contributed by atoms with E-state index in [1.165, 1.54) is 18.2 Å². The van der Waals surface area contributed by atoms with Crippen molar-refractivity contribution in [2.75, 3.05) is 5.43 Å². The van der Waals surface area contributed by atoms with Crippen molar-refractivity contribution >= 4 is 39.3 Å². The number of carboxylic acid groups (broad SMARTS) is 2. The molecular weight excluding hydrogens is 335 g/mol. The molecule has 1 rings (SSSR count). The lowest BCUT2D eigenvalue weighted by Gasteiger charge is -2.06. The highest BCUT2D eigenvalue weighted by Crippen LogP contribution is 2.25. The van der Waals surface area contributed by atoms with Crippen LogP contribution in [0.1, 0.15) is 19.3 Å². The van der Waals surface area contributed by atoms with Crippen LogP contribution in [0, 0.1) is 5.82 Å². The second-order valence-electron chi connectivity index (χ2n) is 3.82. The average molecular weight is 347 g/mol. The predicted molar refractivity (Wildman–Crippen MR) is 74.3 cm³/mol. The van der Waals surface area contributed by atoms with Gasteiger partial charge in [0.1, 0.15) is 11.5 Å². The summed E-state index contributed by atoms with van der Waals surface area (Å²) in [6.07, 6.45) is 0.0179. The molecule has 0 aliphatic carbocycles.